The number of nitrogens with one attached hydrogen (secondary N) is 1. The first kappa shape index (κ1) is 8.29. The molecule has 0 amide bonds. The highest BCUT2D eigenvalue weighted by Crippen LogP contribution is 2.32. The zero-order chi connectivity index (χ0) is 9.26. The lowest BCUT2D eigenvalue weighted by molar-refractivity contribution is 0.678. The molecule has 13 heavy (non-hydrogen) atoms. The van der Waals surface area contributed by atoms with E-state index < -0.39 is 0 Å². The summed E-state index contributed by atoms with van der Waals surface area (Å²) < 4.78 is 0. The molecule has 0 radical (unpaired) electrons. The molecule has 70 valence electrons. The van der Waals surface area contributed by atoms with Crippen LogP contribution in [-0.4, -0.2) is 10.2 Å². The van der Waals surface area contributed by atoms with Crippen molar-refractivity contribution in [3.63, 3.8) is 0 Å². The van der Waals surface area contributed by atoms with Gasteiger partial charge in [-0.2, -0.15) is 5.10 Å². The van der Waals surface area contributed by atoms with Crippen LogP contribution in [0.5, 0.6) is 0 Å². The summed E-state index contributed by atoms with van der Waals surface area (Å²) in [7, 11) is 0. The number of aromatic nitrogens is 2. The van der Waals surface area contributed by atoms with Crippen LogP contribution in [0.4, 0.5) is 5.69 Å². The summed E-state index contributed by atoms with van der Waals surface area (Å²) in [6, 6.07) is 1.70. The SMILES string of the molecule is Nc1cc(C2CCCC2)n[nH]c1=O. The number of nitrogen functional groups attached to an aromatic ring is 1. The smallest absolute Gasteiger partial charge is 0.287 e. The summed E-state index contributed by atoms with van der Waals surface area (Å²) in [5.41, 5.74) is 6.43. The largest absolute Gasteiger partial charge is 0.394 e. The number of rotatable bonds is 1. The molecule has 0 spiro atoms. The summed E-state index contributed by atoms with van der Waals surface area (Å²) >= 11 is 0. The van der Waals surface area contributed by atoms with Gasteiger partial charge in [0.05, 0.1) is 5.69 Å². The van der Waals surface area contributed by atoms with Crippen LogP contribution in [0.15, 0.2) is 10.9 Å². The Kier molecular flexibility index (Phi) is 2.04. The van der Waals surface area contributed by atoms with Crippen LogP contribution in [0.25, 0.3) is 0 Å². The molecule has 4 nitrogen and oxygen atoms in total. The molecule has 1 aromatic heterocycles. The van der Waals surface area contributed by atoms with Gasteiger partial charge in [0.1, 0.15) is 5.69 Å². The second-order valence-electron chi connectivity index (χ2n) is 3.56. The van der Waals surface area contributed by atoms with Crippen molar-refractivity contribution in [3.05, 3.63) is 22.1 Å². The number of H-pyrrole nitrogens is 1. The molecule has 0 aliphatic heterocycles. The van der Waals surface area contributed by atoms with E-state index in [1.807, 2.05) is 0 Å². The van der Waals surface area contributed by atoms with Crippen molar-refractivity contribution in [1.82, 2.24) is 10.2 Å². The van der Waals surface area contributed by atoms with E-state index in [1.54, 1.807) is 6.07 Å². The van der Waals surface area contributed by atoms with Gasteiger partial charge < -0.3 is 5.73 Å². The maximum atomic E-state index is 10.9. The van der Waals surface area contributed by atoms with Gasteiger partial charge in [-0.3, -0.25) is 4.79 Å². The van der Waals surface area contributed by atoms with E-state index in [-0.39, 0.29) is 11.2 Å². The predicted molar refractivity (Wildman–Crippen MR) is 50.5 cm³/mol. The maximum Gasteiger partial charge on any atom is 0.287 e. The van der Waals surface area contributed by atoms with Gasteiger partial charge in [0.25, 0.3) is 5.56 Å². The first-order chi connectivity index (χ1) is 6.27. The van der Waals surface area contributed by atoms with E-state index in [0.717, 1.165) is 5.69 Å². The van der Waals surface area contributed by atoms with E-state index in [9.17, 15) is 4.79 Å². The van der Waals surface area contributed by atoms with Crippen LogP contribution >= 0.6 is 0 Å². The Morgan fingerprint density at radius 2 is 2.15 bits per heavy atom. The number of hydrogen-bond donors (Lipinski definition) is 2. The highest BCUT2D eigenvalue weighted by molar-refractivity contribution is 5.35. The molecule has 0 unspecified atom stereocenters. The summed E-state index contributed by atoms with van der Waals surface area (Å²) in [4.78, 5) is 10.9. The van der Waals surface area contributed by atoms with E-state index in [4.69, 9.17) is 5.73 Å². The molecule has 1 aromatic rings. The number of aromatic amines is 1. The minimum absolute atomic E-state index is 0.275. The molecular formula is C9H13N3O. The minimum Gasteiger partial charge on any atom is -0.394 e. The topological polar surface area (TPSA) is 71.8 Å². The van der Waals surface area contributed by atoms with Crippen molar-refractivity contribution in [2.75, 3.05) is 5.73 Å². The quantitative estimate of drug-likeness (QED) is 0.675. The Bertz CT molecular complexity index is 352. The average Bonchev–Trinajstić information content (AvgIpc) is 2.62. The maximum absolute atomic E-state index is 10.9. The molecule has 2 rings (SSSR count). The Balaban J connectivity index is 2.30. The fourth-order valence-corrected chi connectivity index (χ4v) is 1.87. The second kappa shape index (κ2) is 3.20. The van der Waals surface area contributed by atoms with Crippen molar-refractivity contribution >= 4 is 5.69 Å². The molecular weight excluding hydrogens is 166 g/mol. The molecule has 1 aliphatic carbocycles. The Morgan fingerprint density at radius 3 is 2.77 bits per heavy atom. The first-order valence-corrected chi connectivity index (χ1v) is 4.62. The van der Waals surface area contributed by atoms with Gasteiger partial charge in [-0.25, -0.2) is 5.10 Å². The van der Waals surface area contributed by atoms with Crippen LogP contribution in [0.3, 0.4) is 0 Å². The number of anilines is 1. The molecule has 0 saturated heterocycles. The Morgan fingerprint density at radius 1 is 1.46 bits per heavy atom. The van der Waals surface area contributed by atoms with Gasteiger partial charge in [-0.15, -0.1) is 0 Å². The molecule has 1 fully saturated rings. The third-order valence-corrected chi connectivity index (χ3v) is 2.63. The van der Waals surface area contributed by atoms with Gasteiger partial charge in [0.15, 0.2) is 0 Å². The van der Waals surface area contributed by atoms with Crippen molar-refractivity contribution in [3.8, 4) is 0 Å². The third-order valence-electron chi connectivity index (χ3n) is 2.63. The zero-order valence-corrected chi connectivity index (χ0v) is 7.42. The number of nitrogens with two attached hydrogens (primary N) is 1. The molecule has 1 aliphatic rings. The van der Waals surface area contributed by atoms with Gasteiger partial charge in [-0.1, -0.05) is 12.8 Å². The van der Waals surface area contributed by atoms with Crippen LogP contribution in [0.2, 0.25) is 0 Å². The van der Waals surface area contributed by atoms with E-state index in [0.29, 0.717) is 5.92 Å². The van der Waals surface area contributed by atoms with Gasteiger partial charge in [0, 0.05) is 5.92 Å². The molecule has 0 atom stereocenters. The predicted octanol–water partition coefficient (Wildman–Crippen LogP) is 1.01. The van der Waals surface area contributed by atoms with E-state index in [1.165, 1.54) is 25.7 Å². The second-order valence-corrected chi connectivity index (χ2v) is 3.56. The van der Waals surface area contributed by atoms with Gasteiger partial charge in [0.2, 0.25) is 0 Å². The molecule has 4 heteroatoms. The average molecular weight is 179 g/mol. The lowest BCUT2D eigenvalue weighted by atomic mass is 10.0. The van der Waals surface area contributed by atoms with Crippen molar-refractivity contribution in [2.24, 2.45) is 0 Å². The van der Waals surface area contributed by atoms with Gasteiger partial charge in [-0.05, 0) is 18.9 Å². The summed E-state index contributed by atoms with van der Waals surface area (Å²) in [6.45, 7) is 0. The monoisotopic (exact) mass is 179 g/mol. The van der Waals surface area contributed by atoms with Crippen molar-refractivity contribution in [2.45, 2.75) is 31.6 Å². The molecule has 1 saturated carbocycles. The summed E-state index contributed by atoms with van der Waals surface area (Å²) in [6.07, 6.45) is 4.84. The Labute approximate surface area is 76.2 Å². The van der Waals surface area contributed by atoms with Crippen LogP contribution < -0.4 is 11.3 Å². The Hall–Kier alpha value is -1.32. The molecule has 1 heterocycles. The van der Waals surface area contributed by atoms with Crippen molar-refractivity contribution < 1.29 is 0 Å². The minimum atomic E-state index is -0.290. The number of hydrogen-bond acceptors (Lipinski definition) is 3. The van der Waals surface area contributed by atoms with Gasteiger partial charge >= 0.3 is 0 Å². The highest BCUT2D eigenvalue weighted by atomic mass is 16.1. The zero-order valence-electron chi connectivity index (χ0n) is 7.42. The summed E-state index contributed by atoms with van der Waals surface area (Å²) in [5, 5.41) is 6.42. The standard InChI is InChI=1S/C9H13N3O/c10-7-5-8(11-12-9(7)13)6-3-1-2-4-6/h5-6H,1-4H2,(H2,10,11)(H,12,13). The van der Waals surface area contributed by atoms with E-state index in [2.05, 4.69) is 10.2 Å². The fourth-order valence-electron chi connectivity index (χ4n) is 1.87. The highest BCUT2D eigenvalue weighted by Gasteiger charge is 2.18. The molecule has 0 aromatic carbocycles. The number of nitrogens with zero attached hydrogens (tertiary/aromatic N) is 1. The first-order valence-electron chi connectivity index (χ1n) is 4.62. The normalized spacial score (nSPS) is 17.8. The molecule has 3 N–H and O–H groups in total. The lowest BCUT2D eigenvalue weighted by Gasteiger charge is -2.06. The van der Waals surface area contributed by atoms with Crippen LogP contribution in [0.1, 0.15) is 37.3 Å². The lowest BCUT2D eigenvalue weighted by Crippen LogP contribution is -2.15. The third kappa shape index (κ3) is 1.56. The fraction of sp³-hybridized carbons (Fsp3) is 0.556. The van der Waals surface area contributed by atoms with Crippen LogP contribution in [-0.2, 0) is 0 Å². The van der Waals surface area contributed by atoms with Crippen molar-refractivity contribution in [1.29, 1.82) is 0 Å². The van der Waals surface area contributed by atoms with Crippen LogP contribution in [0, 0.1) is 0 Å². The summed E-state index contributed by atoms with van der Waals surface area (Å²) in [5.74, 6) is 0.499. The molecule has 0 bridgehead atoms. The van der Waals surface area contributed by atoms with E-state index >= 15 is 0 Å².